The molecule has 1 heterocycles. The van der Waals surface area contributed by atoms with E-state index < -0.39 is 0 Å². The molecule has 1 aromatic heterocycles. The molecule has 0 aliphatic carbocycles. The molecule has 0 spiro atoms. The van der Waals surface area contributed by atoms with Gasteiger partial charge in [-0.15, -0.1) is 0 Å². The van der Waals surface area contributed by atoms with Gasteiger partial charge in [0.2, 0.25) is 5.91 Å². The van der Waals surface area contributed by atoms with Crippen LogP contribution in [0, 0.1) is 0 Å². The second kappa shape index (κ2) is 7.29. The summed E-state index contributed by atoms with van der Waals surface area (Å²) in [5.41, 5.74) is 0.738. The molecular weight excluding hydrogens is 309 g/mol. The standard InChI is InChI=1S/C15H15Cl2N3O/c1-2-13(15-18-7-8-19-15)20-14(21)6-4-10-3-5-11(16)9-12(10)17/h3-9,13H,2H2,1H3,(H,18,19)(H,20,21)/b6-4+. The van der Waals surface area contributed by atoms with Crippen LogP contribution in [0.4, 0.5) is 0 Å². The van der Waals surface area contributed by atoms with Crippen molar-refractivity contribution in [2.75, 3.05) is 0 Å². The number of H-pyrrole nitrogens is 1. The lowest BCUT2D eigenvalue weighted by molar-refractivity contribution is -0.117. The third kappa shape index (κ3) is 4.34. The molecule has 0 aliphatic rings. The van der Waals surface area contributed by atoms with Crippen LogP contribution in [-0.4, -0.2) is 15.9 Å². The van der Waals surface area contributed by atoms with Gasteiger partial charge in [-0.3, -0.25) is 4.79 Å². The fraction of sp³-hybridized carbons (Fsp3) is 0.200. The van der Waals surface area contributed by atoms with Crippen molar-refractivity contribution in [3.63, 3.8) is 0 Å². The predicted molar refractivity (Wildman–Crippen MR) is 85.3 cm³/mol. The van der Waals surface area contributed by atoms with Gasteiger partial charge in [0.05, 0.1) is 6.04 Å². The fourth-order valence-electron chi connectivity index (χ4n) is 1.85. The van der Waals surface area contributed by atoms with E-state index in [-0.39, 0.29) is 11.9 Å². The molecule has 4 nitrogen and oxygen atoms in total. The van der Waals surface area contributed by atoms with E-state index in [1.54, 1.807) is 36.7 Å². The summed E-state index contributed by atoms with van der Waals surface area (Å²) in [6.07, 6.45) is 7.24. The van der Waals surface area contributed by atoms with Gasteiger partial charge in [0.15, 0.2) is 0 Å². The topological polar surface area (TPSA) is 57.8 Å². The second-order valence-corrected chi connectivity index (χ2v) is 5.29. The van der Waals surface area contributed by atoms with E-state index >= 15 is 0 Å². The van der Waals surface area contributed by atoms with Gasteiger partial charge >= 0.3 is 0 Å². The molecule has 0 bridgehead atoms. The number of aromatic amines is 1. The number of aromatic nitrogens is 2. The predicted octanol–water partition coefficient (Wildman–Crippen LogP) is 4.00. The molecule has 1 aromatic carbocycles. The number of hydrogen-bond acceptors (Lipinski definition) is 2. The highest BCUT2D eigenvalue weighted by Crippen LogP contribution is 2.22. The minimum absolute atomic E-state index is 0.141. The average Bonchev–Trinajstić information content (AvgIpc) is 2.98. The zero-order chi connectivity index (χ0) is 15.2. The van der Waals surface area contributed by atoms with Crippen LogP contribution in [0.3, 0.4) is 0 Å². The van der Waals surface area contributed by atoms with Crippen LogP contribution in [0.15, 0.2) is 36.7 Å². The number of imidazole rings is 1. The number of carbonyl (C=O) groups is 1. The number of nitrogens with one attached hydrogen (secondary N) is 2. The van der Waals surface area contributed by atoms with E-state index in [2.05, 4.69) is 15.3 Å². The molecule has 2 N–H and O–H groups in total. The van der Waals surface area contributed by atoms with Gasteiger partial charge in [-0.1, -0.05) is 36.2 Å². The molecule has 0 fully saturated rings. The number of carbonyl (C=O) groups excluding carboxylic acids is 1. The highest BCUT2D eigenvalue weighted by atomic mass is 35.5. The lowest BCUT2D eigenvalue weighted by Gasteiger charge is -2.12. The molecule has 1 amide bonds. The third-order valence-electron chi connectivity index (χ3n) is 2.95. The summed E-state index contributed by atoms with van der Waals surface area (Å²) < 4.78 is 0. The smallest absolute Gasteiger partial charge is 0.244 e. The van der Waals surface area contributed by atoms with Crippen molar-refractivity contribution < 1.29 is 4.79 Å². The number of halogens is 2. The van der Waals surface area contributed by atoms with Crippen LogP contribution >= 0.6 is 23.2 Å². The number of rotatable bonds is 5. The first kappa shape index (κ1) is 15.6. The molecule has 6 heteroatoms. The molecule has 0 aliphatic heterocycles. The zero-order valence-electron chi connectivity index (χ0n) is 11.4. The molecule has 21 heavy (non-hydrogen) atoms. The van der Waals surface area contributed by atoms with Gasteiger partial charge in [0.1, 0.15) is 5.82 Å². The molecule has 110 valence electrons. The number of amides is 1. The molecule has 2 rings (SSSR count). The molecule has 2 aromatic rings. The maximum absolute atomic E-state index is 12.0. The minimum Gasteiger partial charge on any atom is -0.347 e. The summed E-state index contributed by atoms with van der Waals surface area (Å²) in [7, 11) is 0. The average molecular weight is 324 g/mol. The van der Waals surface area contributed by atoms with Crippen molar-refractivity contribution in [2.45, 2.75) is 19.4 Å². The van der Waals surface area contributed by atoms with Crippen LogP contribution in [-0.2, 0) is 4.79 Å². The van der Waals surface area contributed by atoms with Crippen LogP contribution in [0.2, 0.25) is 10.0 Å². The van der Waals surface area contributed by atoms with Crippen molar-refractivity contribution >= 4 is 35.2 Å². The highest BCUT2D eigenvalue weighted by molar-refractivity contribution is 6.35. The summed E-state index contributed by atoms with van der Waals surface area (Å²) >= 11 is 11.9. The highest BCUT2D eigenvalue weighted by Gasteiger charge is 2.12. The molecule has 1 unspecified atom stereocenters. The van der Waals surface area contributed by atoms with Gasteiger partial charge < -0.3 is 10.3 Å². The summed E-state index contributed by atoms with van der Waals surface area (Å²) in [6.45, 7) is 1.98. The number of benzene rings is 1. The maximum Gasteiger partial charge on any atom is 0.244 e. The van der Waals surface area contributed by atoms with Crippen molar-refractivity contribution in [3.8, 4) is 0 Å². The van der Waals surface area contributed by atoms with E-state index in [0.717, 1.165) is 17.8 Å². The summed E-state index contributed by atoms with van der Waals surface area (Å²) in [6, 6.07) is 4.98. The first-order valence-corrected chi connectivity index (χ1v) is 7.28. The molecule has 0 saturated carbocycles. The monoisotopic (exact) mass is 323 g/mol. The van der Waals surface area contributed by atoms with Crippen molar-refractivity contribution in [1.82, 2.24) is 15.3 Å². The van der Waals surface area contributed by atoms with E-state index in [4.69, 9.17) is 23.2 Å². The number of hydrogen-bond donors (Lipinski definition) is 2. The van der Waals surface area contributed by atoms with Gasteiger partial charge in [-0.2, -0.15) is 0 Å². The lowest BCUT2D eigenvalue weighted by Crippen LogP contribution is -2.27. The Kier molecular flexibility index (Phi) is 5.42. The Bertz CT molecular complexity index is 638. The quantitative estimate of drug-likeness (QED) is 0.817. The molecule has 1 atom stereocenters. The Morgan fingerprint density at radius 2 is 2.29 bits per heavy atom. The first-order chi connectivity index (χ1) is 10.1. The normalized spacial score (nSPS) is 12.5. The Morgan fingerprint density at radius 1 is 1.48 bits per heavy atom. The molecule has 0 radical (unpaired) electrons. The van der Waals surface area contributed by atoms with Crippen LogP contribution in [0.5, 0.6) is 0 Å². The van der Waals surface area contributed by atoms with E-state index in [1.807, 2.05) is 6.92 Å². The van der Waals surface area contributed by atoms with E-state index in [1.165, 1.54) is 6.08 Å². The second-order valence-electron chi connectivity index (χ2n) is 4.44. The van der Waals surface area contributed by atoms with Crippen molar-refractivity contribution in [1.29, 1.82) is 0 Å². The number of nitrogens with zero attached hydrogens (tertiary/aromatic N) is 1. The Morgan fingerprint density at radius 3 is 2.90 bits per heavy atom. The van der Waals surface area contributed by atoms with Crippen LogP contribution in [0.25, 0.3) is 6.08 Å². The lowest BCUT2D eigenvalue weighted by atomic mass is 10.2. The summed E-state index contributed by atoms with van der Waals surface area (Å²) in [4.78, 5) is 19.1. The van der Waals surface area contributed by atoms with Gasteiger partial charge in [-0.05, 0) is 30.2 Å². The fourth-order valence-corrected chi connectivity index (χ4v) is 2.33. The SMILES string of the molecule is CCC(NC(=O)/C=C/c1ccc(Cl)cc1Cl)c1ncc[nH]1. The van der Waals surface area contributed by atoms with Gasteiger partial charge in [-0.25, -0.2) is 4.98 Å². The summed E-state index contributed by atoms with van der Waals surface area (Å²) in [5, 5.41) is 3.95. The van der Waals surface area contributed by atoms with Crippen LogP contribution < -0.4 is 5.32 Å². The summed E-state index contributed by atoms with van der Waals surface area (Å²) in [5.74, 6) is 0.535. The Labute approximate surface area is 133 Å². The van der Waals surface area contributed by atoms with Crippen molar-refractivity contribution in [3.05, 3.63) is 58.1 Å². The van der Waals surface area contributed by atoms with Gasteiger partial charge in [0.25, 0.3) is 0 Å². The molecular formula is C15H15Cl2N3O. The minimum atomic E-state index is -0.204. The van der Waals surface area contributed by atoms with E-state index in [0.29, 0.717) is 10.0 Å². The maximum atomic E-state index is 12.0. The zero-order valence-corrected chi connectivity index (χ0v) is 12.9. The third-order valence-corrected chi connectivity index (χ3v) is 3.51. The first-order valence-electron chi connectivity index (χ1n) is 6.53. The molecule has 0 saturated heterocycles. The van der Waals surface area contributed by atoms with Crippen molar-refractivity contribution in [2.24, 2.45) is 0 Å². The van der Waals surface area contributed by atoms with Crippen LogP contribution in [0.1, 0.15) is 30.8 Å². The largest absolute Gasteiger partial charge is 0.347 e. The van der Waals surface area contributed by atoms with E-state index in [9.17, 15) is 4.79 Å². The Balaban J connectivity index is 2.02. The Hall–Kier alpha value is -1.78. The van der Waals surface area contributed by atoms with Gasteiger partial charge in [0, 0.05) is 28.5 Å².